The smallest absolute Gasteiger partial charge is 0.237 e. The van der Waals surface area contributed by atoms with Gasteiger partial charge in [0.2, 0.25) is 5.91 Å². The first-order chi connectivity index (χ1) is 11.2. The summed E-state index contributed by atoms with van der Waals surface area (Å²) in [6.45, 7) is 1.48. The van der Waals surface area contributed by atoms with E-state index < -0.39 is 0 Å². The number of rotatable bonds is 5. The largest absolute Gasteiger partial charge is 0.354 e. The Morgan fingerprint density at radius 3 is 2.79 bits per heavy atom. The van der Waals surface area contributed by atoms with Crippen molar-refractivity contribution in [2.45, 2.75) is 31.7 Å². The molecule has 7 heteroatoms. The molecule has 5 nitrogen and oxygen atoms in total. The predicted molar refractivity (Wildman–Crippen MR) is 93.1 cm³/mol. The van der Waals surface area contributed by atoms with Gasteiger partial charge in [-0.3, -0.25) is 4.79 Å². The molecule has 2 heterocycles. The lowest BCUT2D eigenvalue weighted by Crippen LogP contribution is -2.47. The zero-order chi connectivity index (χ0) is 16.1. The number of hydrogen-bond donors (Lipinski definition) is 2. The average molecular weight is 353 g/mol. The highest BCUT2D eigenvalue weighted by Gasteiger charge is 2.19. The van der Waals surface area contributed by atoms with Gasteiger partial charge in [-0.05, 0) is 49.7 Å². The molecule has 1 aliphatic rings. The SMILES string of the molecule is Cl.O=C(NCCc1ccn(-c2ccc(F)cc2)n1)C1CCCCN1. The molecule has 1 unspecified atom stereocenters. The maximum absolute atomic E-state index is 12.9. The minimum absolute atomic E-state index is 0. The fourth-order valence-corrected chi connectivity index (χ4v) is 2.75. The summed E-state index contributed by atoms with van der Waals surface area (Å²) in [7, 11) is 0. The van der Waals surface area contributed by atoms with Crippen molar-refractivity contribution < 1.29 is 9.18 Å². The molecule has 0 spiro atoms. The molecule has 1 amide bonds. The Kier molecular flexibility index (Phi) is 6.75. The van der Waals surface area contributed by atoms with E-state index in [-0.39, 0.29) is 30.2 Å². The molecule has 0 saturated carbocycles. The van der Waals surface area contributed by atoms with Gasteiger partial charge in [-0.2, -0.15) is 5.10 Å². The van der Waals surface area contributed by atoms with E-state index in [0.29, 0.717) is 13.0 Å². The maximum atomic E-state index is 12.9. The molecule has 1 aromatic carbocycles. The molecule has 0 radical (unpaired) electrons. The quantitative estimate of drug-likeness (QED) is 0.867. The van der Waals surface area contributed by atoms with Crippen molar-refractivity contribution in [1.82, 2.24) is 20.4 Å². The van der Waals surface area contributed by atoms with Crippen LogP contribution >= 0.6 is 12.4 Å². The van der Waals surface area contributed by atoms with Crippen LogP contribution in [0.4, 0.5) is 4.39 Å². The molecule has 3 rings (SSSR count). The number of halogens is 2. The Bertz CT molecular complexity index is 653. The number of hydrogen-bond acceptors (Lipinski definition) is 3. The topological polar surface area (TPSA) is 59.0 Å². The normalized spacial score (nSPS) is 17.1. The highest BCUT2D eigenvalue weighted by atomic mass is 35.5. The van der Waals surface area contributed by atoms with E-state index in [2.05, 4.69) is 15.7 Å². The number of benzene rings is 1. The van der Waals surface area contributed by atoms with Gasteiger partial charge in [0.25, 0.3) is 0 Å². The second-order valence-electron chi connectivity index (χ2n) is 5.77. The zero-order valence-electron chi connectivity index (χ0n) is 13.4. The maximum Gasteiger partial charge on any atom is 0.237 e. The number of carbonyl (C=O) groups is 1. The molecule has 1 atom stereocenters. The monoisotopic (exact) mass is 352 g/mol. The van der Waals surface area contributed by atoms with Crippen LogP contribution in [0.15, 0.2) is 36.5 Å². The van der Waals surface area contributed by atoms with Crippen LogP contribution in [0.1, 0.15) is 25.0 Å². The van der Waals surface area contributed by atoms with E-state index >= 15 is 0 Å². The first kappa shape index (κ1) is 18.4. The van der Waals surface area contributed by atoms with Crippen LogP contribution in [0.25, 0.3) is 5.69 Å². The molecular weight excluding hydrogens is 331 g/mol. The van der Waals surface area contributed by atoms with Gasteiger partial charge in [0.15, 0.2) is 0 Å². The standard InChI is InChI=1S/C17H21FN4O.ClH/c18-13-4-6-15(7-5-13)22-12-9-14(21-22)8-11-20-17(23)16-3-1-2-10-19-16;/h4-7,9,12,16,19H,1-3,8,10-11H2,(H,20,23);1H. The minimum Gasteiger partial charge on any atom is -0.354 e. The molecule has 1 aromatic heterocycles. The highest BCUT2D eigenvalue weighted by Crippen LogP contribution is 2.09. The van der Waals surface area contributed by atoms with Gasteiger partial charge in [-0.15, -0.1) is 12.4 Å². The Balaban J connectivity index is 0.00000208. The van der Waals surface area contributed by atoms with Crippen LogP contribution in [0.5, 0.6) is 0 Å². The van der Waals surface area contributed by atoms with Gasteiger partial charge in [0, 0.05) is 19.2 Å². The van der Waals surface area contributed by atoms with Crippen LogP contribution in [-0.2, 0) is 11.2 Å². The third kappa shape index (κ3) is 4.79. The van der Waals surface area contributed by atoms with Gasteiger partial charge >= 0.3 is 0 Å². The summed E-state index contributed by atoms with van der Waals surface area (Å²) in [5, 5.41) is 10.6. The van der Waals surface area contributed by atoms with Crippen LogP contribution in [0.3, 0.4) is 0 Å². The van der Waals surface area contributed by atoms with Crippen molar-refractivity contribution in [1.29, 1.82) is 0 Å². The van der Waals surface area contributed by atoms with Crippen molar-refractivity contribution in [2.75, 3.05) is 13.1 Å². The summed E-state index contributed by atoms with van der Waals surface area (Å²) in [6.07, 6.45) is 5.67. The molecule has 0 aliphatic carbocycles. The van der Waals surface area contributed by atoms with Gasteiger partial charge in [0.1, 0.15) is 5.82 Å². The van der Waals surface area contributed by atoms with E-state index in [1.807, 2.05) is 12.3 Å². The number of piperidine rings is 1. The third-order valence-electron chi connectivity index (χ3n) is 4.04. The fourth-order valence-electron chi connectivity index (χ4n) is 2.75. The number of aromatic nitrogens is 2. The first-order valence-corrected chi connectivity index (χ1v) is 8.04. The fraction of sp³-hybridized carbons (Fsp3) is 0.412. The number of nitrogens with zero attached hydrogens (tertiary/aromatic N) is 2. The van der Waals surface area contributed by atoms with E-state index in [1.54, 1.807) is 16.8 Å². The van der Waals surface area contributed by atoms with E-state index in [4.69, 9.17) is 0 Å². The summed E-state index contributed by atoms with van der Waals surface area (Å²) in [6, 6.07) is 8.04. The highest BCUT2D eigenvalue weighted by molar-refractivity contribution is 5.85. The summed E-state index contributed by atoms with van der Waals surface area (Å²) < 4.78 is 14.6. The predicted octanol–water partition coefficient (Wildman–Crippen LogP) is 2.23. The Hall–Kier alpha value is -1.92. The van der Waals surface area contributed by atoms with Crippen molar-refractivity contribution in [2.24, 2.45) is 0 Å². The average Bonchev–Trinajstić information content (AvgIpc) is 3.05. The summed E-state index contributed by atoms with van der Waals surface area (Å²) >= 11 is 0. The molecule has 1 fully saturated rings. The Labute approximate surface area is 147 Å². The second kappa shape index (κ2) is 8.80. The molecule has 24 heavy (non-hydrogen) atoms. The number of nitrogens with one attached hydrogen (secondary N) is 2. The molecule has 1 aliphatic heterocycles. The molecule has 0 bridgehead atoms. The molecule has 2 aromatic rings. The Morgan fingerprint density at radius 2 is 2.08 bits per heavy atom. The lowest BCUT2D eigenvalue weighted by atomic mass is 10.0. The minimum atomic E-state index is -0.264. The Morgan fingerprint density at radius 1 is 1.29 bits per heavy atom. The number of amides is 1. The van der Waals surface area contributed by atoms with Gasteiger partial charge in [0.05, 0.1) is 17.4 Å². The van der Waals surface area contributed by atoms with Crippen LogP contribution in [0, 0.1) is 5.82 Å². The third-order valence-corrected chi connectivity index (χ3v) is 4.04. The van der Waals surface area contributed by atoms with Crippen molar-refractivity contribution in [3.05, 3.63) is 48.0 Å². The molecular formula is C17H22ClFN4O. The second-order valence-corrected chi connectivity index (χ2v) is 5.77. The van der Waals surface area contributed by atoms with E-state index in [9.17, 15) is 9.18 Å². The summed E-state index contributed by atoms with van der Waals surface area (Å²) in [5.74, 6) is -0.192. The molecule has 1 saturated heterocycles. The van der Waals surface area contributed by atoms with E-state index in [1.165, 1.54) is 12.1 Å². The lowest BCUT2D eigenvalue weighted by Gasteiger charge is -2.22. The van der Waals surface area contributed by atoms with Crippen LogP contribution < -0.4 is 10.6 Å². The summed E-state index contributed by atoms with van der Waals surface area (Å²) in [5.41, 5.74) is 1.71. The number of carbonyl (C=O) groups excluding carboxylic acids is 1. The lowest BCUT2D eigenvalue weighted by molar-refractivity contribution is -0.123. The van der Waals surface area contributed by atoms with Crippen molar-refractivity contribution >= 4 is 18.3 Å². The van der Waals surface area contributed by atoms with Crippen LogP contribution in [0.2, 0.25) is 0 Å². The zero-order valence-corrected chi connectivity index (χ0v) is 14.2. The van der Waals surface area contributed by atoms with Gasteiger partial charge in [-0.1, -0.05) is 6.42 Å². The van der Waals surface area contributed by atoms with Crippen LogP contribution in [-0.4, -0.2) is 34.8 Å². The molecule has 130 valence electrons. The van der Waals surface area contributed by atoms with E-state index in [0.717, 1.165) is 37.2 Å². The van der Waals surface area contributed by atoms with Crippen molar-refractivity contribution in [3.8, 4) is 5.69 Å². The van der Waals surface area contributed by atoms with Gasteiger partial charge in [-0.25, -0.2) is 9.07 Å². The molecule has 2 N–H and O–H groups in total. The first-order valence-electron chi connectivity index (χ1n) is 8.04. The van der Waals surface area contributed by atoms with Crippen molar-refractivity contribution in [3.63, 3.8) is 0 Å². The summed E-state index contributed by atoms with van der Waals surface area (Å²) in [4.78, 5) is 12.0. The van der Waals surface area contributed by atoms with Gasteiger partial charge < -0.3 is 10.6 Å².